The zero-order valence-electron chi connectivity index (χ0n) is 12.4. The lowest BCUT2D eigenvalue weighted by Crippen LogP contribution is -2.27. The lowest BCUT2D eigenvalue weighted by molar-refractivity contribution is 0.855. The van der Waals surface area contributed by atoms with Crippen molar-refractivity contribution >= 4 is 44.7 Å². The molecule has 2 aromatic rings. The van der Waals surface area contributed by atoms with Crippen LogP contribution >= 0.6 is 28.1 Å². The number of hydrazone groups is 1. The van der Waals surface area contributed by atoms with Crippen molar-refractivity contribution < 1.29 is 0 Å². The molecule has 114 valence electrons. The van der Waals surface area contributed by atoms with Crippen LogP contribution in [0.4, 0.5) is 5.69 Å². The number of nitrogens with one attached hydrogen (secondary N) is 2. The molecular formula is C16H17BrN4S. The lowest BCUT2D eigenvalue weighted by Gasteiger charge is -2.12. The molecule has 0 aliphatic heterocycles. The molecule has 0 saturated carbocycles. The fraction of sp³-hybridized carbons (Fsp3) is 0.188. The molecule has 2 N–H and O–H groups in total. The molecule has 0 fully saturated rings. The van der Waals surface area contributed by atoms with Crippen LogP contribution in [-0.4, -0.2) is 15.8 Å². The summed E-state index contributed by atoms with van der Waals surface area (Å²) >= 11 is 8.75. The van der Waals surface area contributed by atoms with Crippen LogP contribution in [0.25, 0.3) is 0 Å². The van der Waals surface area contributed by atoms with Crippen LogP contribution in [0.1, 0.15) is 19.5 Å². The number of benzene rings is 1. The fourth-order valence-corrected chi connectivity index (χ4v) is 2.36. The van der Waals surface area contributed by atoms with E-state index < -0.39 is 0 Å². The average Bonchev–Trinajstić information content (AvgIpc) is 2.50. The third-order valence-corrected chi connectivity index (χ3v) is 3.76. The highest BCUT2D eigenvalue weighted by Crippen LogP contribution is 2.20. The number of aromatic nitrogens is 1. The maximum absolute atomic E-state index is 5.28. The number of anilines is 1. The first-order chi connectivity index (χ1) is 10.6. The van der Waals surface area contributed by atoms with E-state index in [1.165, 1.54) is 0 Å². The monoisotopic (exact) mass is 376 g/mol. The van der Waals surface area contributed by atoms with Crippen molar-refractivity contribution in [2.45, 2.75) is 13.8 Å². The van der Waals surface area contributed by atoms with E-state index in [1.807, 2.05) is 42.5 Å². The first-order valence-corrected chi connectivity index (χ1v) is 8.08. The maximum atomic E-state index is 5.28. The van der Waals surface area contributed by atoms with Crippen LogP contribution in [0.5, 0.6) is 0 Å². The van der Waals surface area contributed by atoms with Crippen LogP contribution in [0, 0.1) is 5.92 Å². The predicted molar refractivity (Wildman–Crippen MR) is 99.1 cm³/mol. The summed E-state index contributed by atoms with van der Waals surface area (Å²) in [6.07, 6.45) is 1.75. The summed E-state index contributed by atoms with van der Waals surface area (Å²) in [4.78, 5) is 4.33. The Morgan fingerprint density at radius 2 is 1.91 bits per heavy atom. The number of pyridine rings is 1. The molecule has 22 heavy (non-hydrogen) atoms. The SMILES string of the molecule is CC(C)/C(=N\NC(=S)Nc1ccccc1Br)c1ccccn1. The Bertz CT molecular complexity index is 671. The van der Waals surface area contributed by atoms with E-state index in [0.717, 1.165) is 21.6 Å². The standard InChI is InChI=1S/C16H17BrN4S/c1-11(2)15(14-9-5-6-10-18-14)20-21-16(22)19-13-8-4-3-7-12(13)17/h3-11H,1-2H3,(H2,19,21,22)/b20-15+. The summed E-state index contributed by atoms with van der Waals surface area (Å²) in [5, 5.41) is 7.94. The van der Waals surface area contributed by atoms with Gasteiger partial charge in [0.1, 0.15) is 0 Å². The largest absolute Gasteiger partial charge is 0.330 e. The van der Waals surface area contributed by atoms with Crippen molar-refractivity contribution in [2.75, 3.05) is 5.32 Å². The molecule has 2 rings (SSSR count). The van der Waals surface area contributed by atoms with E-state index in [0.29, 0.717) is 5.11 Å². The summed E-state index contributed by atoms with van der Waals surface area (Å²) < 4.78 is 0.942. The second-order valence-corrected chi connectivity index (χ2v) is 6.18. The van der Waals surface area contributed by atoms with Gasteiger partial charge in [-0.2, -0.15) is 5.10 Å². The highest BCUT2D eigenvalue weighted by atomic mass is 79.9. The van der Waals surface area contributed by atoms with E-state index in [9.17, 15) is 0 Å². The summed E-state index contributed by atoms with van der Waals surface area (Å²) in [7, 11) is 0. The molecule has 0 saturated heterocycles. The van der Waals surface area contributed by atoms with Crippen molar-refractivity contribution in [1.82, 2.24) is 10.4 Å². The number of hydrogen-bond acceptors (Lipinski definition) is 3. The molecule has 0 aliphatic rings. The second-order valence-electron chi connectivity index (χ2n) is 4.91. The summed E-state index contributed by atoms with van der Waals surface area (Å²) in [6, 6.07) is 13.5. The highest BCUT2D eigenvalue weighted by Gasteiger charge is 2.10. The quantitative estimate of drug-likeness (QED) is 0.477. The Balaban J connectivity index is 2.08. The van der Waals surface area contributed by atoms with Gasteiger partial charge in [-0.15, -0.1) is 0 Å². The third-order valence-electron chi connectivity index (χ3n) is 2.87. The first kappa shape index (κ1) is 16.6. The number of para-hydroxylation sites is 1. The van der Waals surface area contributed by atoms with Gasteiger partial charge in [-0.25, -0.2) is 0 Å². The van der Waals surface area contributed by atoms with Gasteiger partial charge in [0.2, 0.25) is 0 Å². The van der Waals surface area contributed by atoms with Gasteiger partial charge in [-0.3, -0.25) is 10.4 Å². The Morgan fingerprint density at radius 3 is 2.55 bits per heavy atom. The molecular weight excluding hydrogens is 360 g/mol. The van der Waals surface area contributed by atoms with Crippen LogP contribution < -0.4 is 10.7 Å². The van der Waals surface area contributed by atoms with Gasteiger partial charge < -0.3 is 5.32 Å². The topological polar surface area (TPSA) is 49.3 Å². The molecule has 0 spiro atoms. The zero-order chi connectivity index (χ0) is 15.9. The van der Waals surface area contributed by atoms with Crippen molar-refractivity contribution in [1.29, 1.82) is 0 Å². The van der Waals surface area contributed by atoms with Crippen LogP contribution in [0.15, 0.2) is 58.2 Å². The normalized spacial score (nSPS) is 11.4. The van der Waals surface area contributed by atoms with Gasteiger partial charge >= 0.3 is 0 Å². The molecule has 1 heterocycles. The Labute approximate surface area is 144 Å². The second kappa shape index (κ2) is 8.00. The Kier molecular flexibility index (Phi) is 6.03. The Morgan fingerprint density at radius 1 is 1.18 bits per heavy atom. The average molecular weight is 377 g/mol. The molecule has 1 aromatic carbocycles. The van der Waals surface area contributed by atoms with E-state index >= 15 is 0 Å². The smallest absolute Gasteiger partial charge is 0.191 e. The zero-order valence-corrected chi connectivity index (χ0v) is 14.8. The first-order valence-electron chi connectivity index (χ1n) is 6.88. The van der Waals surface area contributed by atoms with Gasteiger partial charge in [0.25, 0.3) is 0 Å². The van der Waals surface area contributed by atoms with E-state index in [4.69, 9.17) is 12.2 Å². The number of rotatable bonds is 4. The molecule has 0 aliphatic carbocycles. The maximum Gasteiger partial charge on any atom is 0.191 e. The number of thiocarbonyl (C=S) groups is 1. The minimum Gasteiger partial charge on any atom is -0.330 e. The van der Waals surface area contributed by atoms with Gasteiger partial charge in [0.05, 0.1) is 17.1 Å². The lowest BCUT2D eigenvalue weighted by atomic mass is 10.1. The van der Waals surface area contributed by atoms with Crippen LogP contribution in [0.3, 0.4) is 0 Å². The van der Waals surface area contributed by atoms with Gasteiger partial charge in [0.15, 0.2) is 5.11 Å². The molecule has 6 heteroatoms. The van der Waals surface area contributed by atoms with Crippen molar-refractivity contribution in [3.8, 4) is 0 Å². The van der Waals surface area contributed by atoms with Crippen LogP contribution in [-0.2, 0) is 0 Å². The van der Waals surface area contributed by atoms with E-state index in [-0.39, 0.29) is 5.92 Å². The Hall–Kier alpha value is -1.79. The third kappa shape index (κ3) is 4.61. The molecule has 0 unspecified atom stereocenters. The van der Waals surface area contributed by atoms with E-state index in [2.05, 4.69) is 50.6 Å². The minimum absolute atomic E-state index is 0.230. The van der Waals surface area contributed by atoms with Crippen molar-refractivity contribution in [3.05, 3.63) is 58.8 Å². The molecule has 0 radical (unpaired) electrons. The summed E-state index contributed by atoms with van der Waals surface area (Å²) in [5.41, 5.74) is 5.47. The predicted octanol–water partition coefficient (Wildman–Crippen LogP) is 4.19. The number of nitrogens with zero attached hydrogens (tertiary/aromatic N) is 2. The minimum atomic E-state index is 0.230. The molecule has 1 aromatic heterocycles. The highest BCUT2D eigenvalue weighted by molar-refractivity contribution is 9.10. The molecule has 0 bridgehead atoms. The summed E-state index contributed by atoms with van der Waals surface area (Å²) in [6.45, 7) is 4.14. The summed E-state index contributed by atoms with van der Waals surface area (Å²) in [5.74, 6) is 0.230. The van der Waals surface area contributed by atoms with Gasteiger partial charge in [-0.1, -0.05) is 32.0 Å². The number of halogens is 1. The van der Waals surface area contributed by atoms with Crippen molar-refractivity contribution in [3.63, 3.8) is 0 Å². The van der Waals surface area contributed by atoms with Crippen molar-refractivity contribution in [2.24, 2.45) is 11.0 Å². The van der Waals surface area contributed by atoms with Crippen LogP contribution in [0.2, 0.25) is 0 Å². The molecule has 0 atom stereocenters. The van der Waals surface area contributed by atoms with E-state index in [1.54, 1.807) is 6.20 Å². The number of hydrogen-bond donors (Lipinski definition) is 2. The van der Waals surface area contributed by atoms with Gasteiger partial charge in [0, 0.05) is 10.7 Å². The van der Waals surface area contributed by atoms with Gasteiger partial charge in [-0.05, 0) is 58.3 Å². The molecule has 0 amide bonds. The fourth-order valence-electron chi connectivity index (χ4n) is 1.82. The molecule has 4 nitrogen and oxygen atoms in total.